The molecule has 0 unspecified atom stereocenters. The monoisotopic (exact) mass is 323 g/mol. The molecule has 0 fully saturated rings. The van der Waals surface area contributed by atoms with Gasteiger partial charge in [-0.2, -0.15) is 0 Å². The van der Waals surface area contributed by atoms with Crippen molar-refractivity contribution in [3.05, 3.63) is 28.2 Å². The molecule has 1 heterocycles. The summed E-state index contributed by atoms with van der Waals surface area (Å²) in [6.45, 7) is 2.01. The number of thiophene rings is 1. The Kier molecular flexibility index (Phi) is 5.32. The number of fused-ring (bicyclic) bond motifs is 1. The molecule has 1 aromatic rings. The summed E-state index contributed by atoms with van der Waals surface area (Å²) < 4.78 is 9.49. The van der Waals surface area contributed by atoms with E-state index in [-0.39, 0.29) is 6.61 Å². The number of carbonyl (C=O) groups is 3. The minimum atomic E-state index is -0.616. The van der Waals surface area contributed by atoms with E-state index in [1.54, 1.807) is 6.92 Å². The van der Waals surface area contributed by atoms with Crippen LogP contribution in [-0.4, -0.2) is 31.6 Å². The van der Waals surface area contributed by atoms with Gasteiger partial charge in [-0.25, -0.2) is 9.59 Å². The third kappa shape index (κ3) is 3.54. The summed E-state index contributed by atoms with van der Waals surface area (Å²) in [5.41, 5.74) is 1.41. The number of hydrogen-bond acceptors (Lipinski definition) is 6. The molecule has 22 heavy (non-hydrogen) atoms. The number of rotatable bonds is 5. The van der Waals surface area contributed by atoms with Crippen molar-refractivity contribution in [3.63, 3.8) is 0 Å². The van der Waals surface area contributed by atoms with Gasteiger partial charge in [-0.05, 0) is 31.7 Å². The maximum atomic E-state index is 12.1. The highest BCUT2D eigenvalue weighted by atomic mass is 32.1. The molecule has 0 bridgehead atoms. The van der Waals surface area contributed by atoms with Gasteiger partial charge in [-0.15, -0.1) is 11.3 Å². The van der Waals surface area contributed by atoms with Crippen molar-refractivity contribution in [1.82, 2.24) is 0 Å². The number of carbonyl (C=O) groups excluding carboxylic acids is 3. The van der Waals surface area contributed by atoms with Gasteiger partial charge in [-0.1, -0.05) is 0 Å². The van der Waals surface area contributed by atoms with Crippen LogP contribution in [-0.2, 0) is 31.9 Å². The van der Waals surface area contributed by atoms with E-state index in [9.17, 15) is 14.4 Å². The van der Waals surface area contributed by atoms with Crippen molar-refractivity contribution in [1.29, 1.82) is 0 Å². The standard InChI is InChI=1S/C15H17NO5S/c1-3-21-15(19)13-9-5-4-6-10(9)22-14(13)16-11(17)7-8-12(18)20-2/h7-8H,3-6H2,1-2H3,(H,16,17)/b8-7+. The maximum Gasteiger partial charge on any atom is 0.341 e. The number of ether oxygens (including phenoxy) is 2. The Bertz CT molecular complexity index is 632. The lowest BCUT2D eigenvalue weighted by molar-refractivity contribution is -0.135. The minimum Gasteiger partial charge on any atom is -0.466 e. The summed E-state index contributed by atoms with van der Waals surface area (Å²) >= 11 is 1.39. The number of aryl methyl sites for hydroxylation is 1. The highest BCUT2D eigenvalue weighted by Crippen LogP contribution is 2.39. The maximum absolute atomic E-state index is 12.1. The fraction of sp³-hybridized carbons (Fsp3) is 0.400. The quantitative estimate of drug-likeness (QED) is 0.663. The molecule has 1 amide bonds. The molecule has 1 N–H and O–H groups in total. The summed E-state index contributed by atoms with van der Waals surface area (Å²) in [7, 11) is 1.23. The van der Waals surface area contributed by atoms with Crippen molar-refractivity contribution < 1.29 is 23.9 Å². The SMILES string of the molecule is CCOC(=O)c1c(NC(=O)/C=C/C(=O)OC)sc2c1CCC2. The van der Waals surface area contributed by atoms with E-state index in [1.807, 2.05) is 0 Å². The average molecular weight is 323 g/mol. The summed E-state index contributed by atoms with van der Waals surface area (Å²) in [6, 6.07) is 0. The van der Waals surface area contributed by atoms with E-state index in [2.05, 4.69) is 10.1 Å². The molecule has 0 radical (unpaired) electrons. The lowest BCUT2D eigenvalue weighted by Crippen LogP contribution is -2.13. The Morgan fingerprint density at radius 1 is 1.27 bits per heavy atom. The minimum absolute atomic E-state index is 0.277. The van der Waals surface area contributed by atoms with Gasteiger partial charge in [0.25, 0.3) is 0 Å². The van der Waals surface area contributed by atoms with E-state index in [0.717, 1.165) is 41.9 Å². The second kappa shape index (κ2) is 7.22. The van der Waals surface area contributed by atoms with E-state index < -0.39 is 17.8 Å². The first-order chi connectivity index (χ1) is 10.6. The highest BCUT2D eigenvalue weighted by molar-refractivity contribution is 7.17. The van der Waals surface area contributed by atoms with Crippen molar-refractivity contribution in [2.75, 3.05) is 19.0 Å². The van der Waals surface area contributed by atoms with Gasteiger partial charge in [0.15, 0.2) is 0 Å². The Balaban J connectivity index is 2.20. The zero-order chi connectivity index (χ0) is 16.1. The summed E-state index contributed by atoms with van der Waals surface area (Å²) in [4.78, 5) is 36.1. The predicted molar refractivity (Wildman–Crippen MR) is 82.1 cm³/mol. The first kappa shape index (κ1) is 16.2. The Labute approximate surface area is 132 Å². The Morgan fingerprint density at radius 3 is 2.73 bits per heavy atom. The molecule has 0 saturated heterocycles. The zero-order valence-corrected chi connectivity index (χ0v) is 13.2. The van der Waals surface area contributed by atoms with Crippen LogP contribution in [0.4, 0.5) is 5.00 Å². The molecule has 0 aromatic carbocycles. The summed E-state index contributed by atoms with van der Waals surface area (Å²) in [6.07, 6.45) is 4.82. The molecular weight excluding hydrogens is 306 g/mol. The molecule has 7 heteroatoms. The number of hydrogen-bond donors (Lipinski definition) is 1. The average Bonchev–Trinajstić information content (AvgIpc) is 3.05. The molecule has 0 saturated carbocycles. The number of methoxy groups -OCH3 is 1. The number of esters is 2. The topological polar surface area (TPSA) is 81.7 Å². The van der Waals surface area contributed by atoms with E-state index >= 15 is 0 Å². The van der Waals surface area contributed by atoms with Gasteiger partial charge in [-0.3, -0.25) is 4.79 Å². The third-order valence-corrected chi connectivity index (χ3v) is 4.42. The fourth-order valence-electron chi connectivity index (χ4n) is 2.28. The normalized spacial score (nSPS) is 13.0. The van der Waals surface area contributed by atoms with Crippen molar-refractivity contribution >= 4 is 34.2 Å². The zero-order valence-electron chi connectivity index (χ0n) is 12.4. The first-order valence-electron chi connectivity index (χ1n) is 6.95. The number of nitrogens with one attached hydrogen (secondary N) is 1. The molecular formula is C15H17NO5S. The number of amides is 1. The molecule has 118 valence electrons. The van der Waals surface area contributed by atoms with Crippen LogP contribution in [0.15, 0.2) is 12.2 Å². The van der Waals surface area contributed by atoms with Gasteiger partial charge < -0.3 is 14.8 Å². The van der Waals surface area contributed by atoms with Crippen LogP contribution < -0.4 is 5.32 Å². The van der Waals surface area contributed by atoms with Gasteiger partial charge in [0, 0.05) is 17.0 Å². The number of anilines is 1. The van der Waals surface area contributed by atoms with Gasteiger partial charge >= 0.3 is 11.9 Å². The molecule has 1 aliphatic carbocycles. The van der Waals surface area contributed by atoms with Crippen LogP contribution in [0.3, 0.4) is 0 Å². The largest absolute Gasteiger partial charge is 0.466 e. The lowest BCUT2D eigenvalue weighted by Gasteiger charge is -2.06. The molecule has 1 aromatic heterocycles. The molecule has 0 atom stereocenters. The molecule has 1 aliphatic rings. The van der Waals surface area contributed by atoms with Crippen molar-refractivity contribution in [3.8, 4) is 0 Å². The summed E-state index contributed by atoms with van der Waals surface area (Å²) in [5, 5.41) is 3.12. The van der Waals surface area contributed by atoms with Crippen LogP contribution in [0.25, 0.3) is 0 Å². The molecule has 0 aliphatic heterocycles. The van der Waals surface area contributed by atoms with Crippen LogP contribution >= 0.6 is 11.3 Å². The first-order valence-corrected chi connectivity index (χ1v) is 7.77. The fourth-order valence-corrected chi connectivity index (χ4v) is 3.56. The molecule has 2 rings (SSSR count). The van der Waals surface area contributed by atoms with Gasteiger partial charge in [0.1, 0.15) is 5.00 Å². The molecule has 6 nitrogen and oxygen atoms in total. The summed E-state index contributed by atoms with van der Waals surface area (Å²) in [5.74, 6) is -1.53. The van der Waals surface area contributed by atoms with Crippen LogP contribution in [0.2, 0.25) is 0 Å². The second-order valence-electron chi connectivity index (χ2n) is 4.63. The van der Waals surface area contributed by atoms with Crippen LogP contribution in [0, 0.1) is 0 Å². The van der Waals surface area contributed by atoms with E-state index in [1.165, 1.54) is 18.4 Å². The Hall–Kier alpha value is -2.15. The van der Waals surface area contributed by atoms with Crippen molar-refractivity contribution in [2.24, 2.45) is 0 Å². The van der Waals surface area contributed by atoms with E-state index in [0.29, 0.717) is 10.6 Å². The van der Waals surface area contributed by atoms with Gasteiger partial charge in [0.2, 0.25) is 5.91 Å². The second-order valence-corrected chi connectivity index (χ2v) is 5.73. The van der Waals surface area contributed by atoms with Crippen molar-refractivity contribution in [2.45, 2.75) is 26.2 Å². The van der Waals surface area contributed by atoms with E-state index in [4.69, 9.17) is 4.74 Å². The molecule has 0 spiro atoms. The van der Waals surface area contributed by atoms with Gasteiger partial charge in [0.05, 0.1) is 19.3 Å². The lowest BCUT2D eigenvalue weighted by atomic mass is 10.1. The highest BCUT2D eigenvalue weighted by Gasteiger charge is 2.27. The Morgan fingerprint density at radius 2 is 2.05 bits per heavy atom. The van der Waals surface area contributed by atoms with Crippen LogP contribution in [0.5, 0.6) is 0 Å². The smallest absolute Gasteiger partial charge is 0.341 e. The van der Waals surface area contributed by atoms with Crippen LogP contribution in [0.1, 0.15) is 34.1 Å². The predicted octanol–water partition coefficient (Wildman–Crippen LogP) is 2.08. The third-order valence-electron chi connectivity index (χ3n) is 3.21.